The number of carbonyl (C=O) groups is 1. The molecular weight excluding hydrogens is 306 g/mol. The zero-order chi connectivity index (χ0) is 18.8. The Balaban J connectivity index is 2.80. The summed E-state index contributed by atoms with van der Waals surface area (Å²) >= 11 is 0. The van der Waals surface area contributed by atoms with E-state index in [1.165, 1.54) is 5.56 Å². The summed E-state index contributed by atoms with van der Waals surface area (Å²) in [4.78, 5) is 16.7. The molecule has 0 fully saturated rings. The van der Waals surface area contributed by atoms with Crippen LogP contribution in [0, 0.1) is 31.6 Å². The highest BCUT2D eigenvalue weighted by molar-refractivity contribution is 5.91. The monoisotopic (exact) mass is 336 g/mol. The van der Waals surface area contributed by atoms with Crippen molar-refractivity contribution in [3.63, 3.8) is 0 Å². The van der Waals surface area contributed by atoms with Crippen molar-refractivity contribution in [3.05, 3.63) is 58.8 Å². The van der Waals surface area contributed by atoms with Crippen LogP contribution in [-0.2, 0) is 6.42 Å². The minimum absolute atomic E-state index is 0.00225. The number of aryl methyl sites for hydroxylation is 2. The molecule has 0 amide bonds. The molecule has 133 valence electrons. The van der Waals surface area contributed by atoms with Crippen molar-refractivity contribution in [3.8, 4) is 11.1 Å². The van der Waals surface area contributed by atoms with E-state index < -0.39 is 0 Å². The zero-order valence-electron chi connectivity index (χ0n) is 16.6. The Bertz CT molecular complexity index is 749. The van der Waals surface area contributed by atoms with E-state index in [-0.39, 0.29) is 5.41 Å². The predicted molar refractivity (Wildman–Crippen MR) is 106 cm³/mol. The van der Waals surface area contributed by atoms with Crippen LogP contribution in [-0.4, -0.2) is 11.3 Å². The maximum absolute atomic E-state index is 11.9. The second kappa shape index (κ2) is 7.51. The molecule has 1 heterocycles. The highest BCUT2D eigenvalue weighted by Crippen LogP contribution is 2.36. The Labute approximate surface area is 152 Å². The zero-order valence-corrected chi connectivity index (χ0v) is 16.6. The normalized spacial score (nSPS) is 11.8. The van der Waals surface area contributed by atoms with Crippen molar-refractivity contribution in [2.24, 2.45) is 11.3 Å². The molecule has 2 nitrogen and oxygen atoms in total. The van der Waals surface area contributed by atoms with Crippen molar-refractivity contribution in [1.82, 2.24) is 4.98 Å². The highest BCUT2D eigenvalue weighted by Gasteiger charge is 2.23. The lowest BCUT2D eigenvalue weighted by Gasteiger charge is -2.25. The van der Waals surface area contributed by atoms with Crippen molar-refractivity contribution < 1.29 is 4.79 Å². The smallest absolute Gasteiger partial charge is 0.152 e. The molecule has 1 aromatic heterocycles. The molecule has 2 heteroatoms. The summed E-state index contributed by atoms with van der Waals surface area (Å²) in [6, 6.07) is 8.41. The third-order valence-electron chi connectivity index (χ3n) is 4.18. The van der Waals surface area contributed by atoms with Crippen molar-refractivity contribution >= 4 is 6.29 Å². The van der Waals surface area contributed by atoms with E-state index >= 15 is 0 Å². The molecule has 0 saturated carbocycles. The maximum atomic E-state index is 11.9. The van der Waals surface area contributed by atoms with Gasteiger partial charge in [0.25, 0.3) is 0 Å². The predicted octanol–water partition coefficient (Wildman–Crippen LogP) is 5.97. The fraction of sp³-hybridized carbons (Fsp3) is 0.435. The molecular formula is C23H30NO. The minimum Gasteiger partial charge on any atom is -0.298 e. The fourth-order valence-corrected chi connectivity index (χ4v) is 3.10. The lowest BCUT2D eigenvalue weighted by Crippen LogP contribution is -2.15. The van der Waals surface area contributed by atoms with Crippen LogP contribution in [0.4, 0.5) is 0 Å². The van der Waals surface area contributed by atoms with Gasteiger partial charge in [0, 0.05) is 17.0 Å². The number of hydrogen-bond donors (Lipinski definition) is 0. The molecule has 0 unspecified atom stereocenters. The van der Waals surface area contributed by atoms with Gasteiger partial charge in [0.2, 0.25) is 0 Å². The van der Waals surface area contributed by atoms with E-state index in [2.05, 4.69) is 72.2 Å². The summed E-state index contributed by atoms with van der Waals surface area (Å²) in [6.07, 6.45) is 4.12. The van der Waals surface area contributed by atoms with Gasteiger partial charge >= 0.3 is 0 Å². The third-order valence-corrected chi connectivity index (χ3v) is 4.18. The molecule has 1 aromatic carbocycles. The van der Waals surface area contributed by atoms with Crippen molar-refractivity contribution in [1.29, 1.82) is 0 Å². The Hall–Kier alpha value is -1.96. The number of nitrogens with zero attached hydrogens (tertiary/aromatic N) is 1. The van der Waals surface area contributed by atoms with Gasteiger partial charge in [-0.15, -0.1) is 0 Å². The van der Waals surface area contributed by atoms with Crippen LogP contribution >= 0.6 is 0 Å². The Morgan fingerprint density at radius 1 is 1.04 bits per heavy atom. The summed E-state index contributed by atoms with van der Waals surface area (Å²) < 4.78 is 0. The van der Waals surface area contributed by atoms with Gasteiger partial charge in [0.05, 0.1) is 0 Å². The molecule has 0 aliphatic heterocycles. The van der Waals surface area contributed by atoms with Crippen molar-refractivity contribution in [2.45, 2.75) is 54.9 Å². The number of carbonyl (C=O) groups excluding carboxylic acids is 1. The molecule has 0 saturated heterocycles. The number of aromatic nitrogens is 1. The van der Waals surface area contributed by atoms with E-state index in [0.29, 0.717) is 11.5 Å². The Morgan fingerprint density at radius 3 is 2.12 bits per heavy atom. The number of hydrogen-bond acceptors (Lipinski definition) is 2. The van der Waals surface area contributed by atoms with Crippen LogP contribution in [0.1, 0.15) is 67.5 Å². The first-order valence-electron chi connectivity index (χ1n) is 9.04. The Morgan fingerprint density at radius 2 is 1.64 bits per heavy atom. The molecule has 0 aliphatic carbocycles. The van der Waals surface area contributed by atoms with Crippen molar-refractivity contribution in [2.75, 3.05) is 0 Å². The van der Waals surface area contributed by atoms with E-state index in [4.69, 9.17) is 4.98 Å². The average Bonchev–Trinajstić information content (AvgIpc) is 2.48. The molecule has 0 aliphatic rings. The maximum Gasteiger partial charge on any atom is 0.152 e. The lowest BCUT2D eigenvalue weighted by molar-refractivity contribution is 0.112. The van der Waals surface area contributed by atoms with Gasteiger partial charge in [-0.25, -0.2) is 0 Å². The SMILES string of the molecule is Cc1ccc(-c2c([CH]C(C)(C)C)c(CC(C)C)nc(C)c2C=O)cc1. The average molecular weight is 336 g/mol. The van der Waals surface area contributed by atoms with Crippen LogP contribution in [0.3, 0.4) is 0 Å². The van der Waals surface area contributed by atoms with Gasteiger partial charge in [-0.3, -0.25) is 9.78 Å². The van der Waals surface area contributed by atoms with Crippen LogP contribution in [0.2, 0.25) is 0 Å². The van der Waals surface area contributed by atoms with Gasteiger partial charge < -0.3 is 0 Å². The number of rotatable bonds is 5. The summed E-state index contributed by atoms with van der Waals surface area (Å²) in [7, 11) is 0. The van der Waals surface area contributed by atoms with Gasteiger partial charge in [0.15, 0.2) is 6.29 Å². The topological polar surface area (TPSA) is 30.0 Å². The van der Waals surface area contributed by atoms with Crippen LogP contribution in [0.5, 0.6) is 0 Å². The number of aldehydes is 1. The highest BCUT2D eigenvalue weighted by atomic mass is 16.1. The second-order valence-corrected chi connectivity index (χ2v) is 8.44. The van der Waals surface area contributed by atoms with E-state index in [1.807, 2.05) is 6.92 Å². The molecule has 0 atom stereocenters. The Kier molecular flexibility index (Phi) is 5.82. The molecule has 0 spiro atoms. The van der Waals surface area contributed by atoms with Gasteiger partial charge in [-0.05, 0) is 54.7 Å². The molecule has 2 rings (SSSR count). The van der Waals surface area contributed by atoms with Gasteiger partial charge in [-0.1, -0.05) is 64.4 Å². The van der Waals surface area contributed by atoms with Gasteiger partial charge in [0.1, 0.15) is 0 Å². The fourth-order valence-electron chi connectivity index (χ4n) is 3.10. The first kappa shape index (κ1) is 19.4. The van der Waals surface area contributed by atoms with Crippen LogP contribution in [0.25, 0.3) is 11.1 Å². The molecule has 0 N–H and O–H groups in total. The summed E-state index contributed by atoms with van der Waals surface area (Å²) in [5, 5.41) is 0. The summed E-state index contributed by atoms with van der Waals surface area (Å²) in [6.45, 7) is 15.0. The largest absolute Gasteiger partial charge is 0.298 e. The summed E-state index contributed by atoms with van der Waals surface area (Å²) in [5.41, 5.74) is 7.03. The van der Waals surface area contributed by atoms with Crippen LogP contribution in [0.15, 0.2) is 24.3 Å². The van der Waals surface area contributed by atoms with E-state index in [0.717, 1.165) is 40.8 Å². The molecule has 1 radical (unpaired) electrons. The second-order valence-electron chi connectivity index (χ2n) is 8.44. The molecule has 25 heavy (non-hydrogen) atoms. The van der Waals surface area contributed by atoms with Gasteiger partial charge in [-0.2, -0.15) is 0 Å². The summed E-state index contributed by atoms with van der Waals surface area (Å²) in [5.74, 6) is 0.506. The quantitative estimate of drug-likeness (QED) is 0.629. The molecule has 2 aromatic rings. The minimum atomic E-state index is 0.00225. The first-order chi connectivity index (χ1) is 11.6. The van der Waals surface area contributed by atoms with Crippen LogP contribution < -0.4 is 0 Å². The van der Waals surface area contributed by atoms with E-state index in [1.54, 1.807) is 0 Å². The number of pyridine rings is 1. The standard InChI is InChI=1S/C23H30NO/c1-15(2)12-21-19(13-23(5,6)7)22(20(14-25)17(4)24-21)18-10-8-16(3)9-11-18/h8-11,13-15H,12H2,1-7H3. The first-order valence-corrected chi connectivity index (χ1v) is 9.04. The number of benzene rings is 1. The molecule has 0 bridgehead atoms. The van der Waals surface area contributed by atoms with E-state index in [9.17, 15) is 4.79 Å². The third kappa shape index (κ3) is 4.78. The lowest BCUT2D eigenvalue weighted by atomic mass is 9.81.